The first-order chi connectivity index (χ1) is 15.5. The Bertz CT molecular complexity index is 1020. The molecule has 7 nitrogen and oxygen atoms in total. The Kier molecular flexibility index (Phi) is 8.09. The Morgan fingerprint density at radius 1 is 0.844 bits per heavy atom. The fraction of sp³-hybridized carbons (Fsp3) is 0.200. The van der Waals surface area contributed by atoms with E-state index in [4.69, 9.17) is 14.2 Å². The van der Waals surface area contributed by atoms with Crippen LogP contribution in [0, 0.1) is 0 Å². The number of amides is 1. The molecular weight excluding hydrogens is 410 g/mol. The summed E-state index contributed by atoms with van der Waals surface area (Å²) in [5.41, 5.74) is 1.82. The number of carbonyl (C=O) groups excluding carboxylic acids is 1. The number of aliphatic carboxylic acids is 1. The molecule has 0 radical (unpaired) electrons. The van der Waals surface area contributed by atoms with Crippen molar-refractivity contribution in [2.75, 3.05) is 13.7 Å². The smallest absolute Gasteiger partial charge is 0.326 e. The van der Waals surface area contributed by atoms with Crippen LogP contribution in [-0.2, 0) is 22.6 Å². The Morgan fingerprint density at radius 3 is 2.25 bits per heavy atom. The van der Waals surface area contributed by atoms with Gasteiger partial charge in [0.25, 0.3) is 5.91 Å². The molecule has 1 amide bonds. The van der Waals surface area contributed by atoms with Crippen molar-refractivity contribution in [3.8, 4) is 17.2 Å². The van der Waals surface area contributed by atoms with Gasteiger partial charge < -0.3 is 24.6 Å². The maximum atomic E-state index is 12.2. The summed E-state index contributed by atoms with van der Waals surface area (Å²) in [7, 11) is 1.53. The molecule has 0 heterocycles. The molecule has 3 rings (SSSR count). The highest BCUT2D eigenvalue weighted by Crippen LogP contribution is 2.19. The molecule has 166 valence electrons. The third-order valence-electron chi connectivity index (χ3n) is 4.66. The zero-order valence-electron chi connectivity index (χ0n) is 17.7. The summed E-state index contributed by atoms with van der Waals surface area (Å²) in [4.78, 5) is 23.8. The molecular formula is C25H25NO6. The van der Waals surface area contributed by atoms with Crippen LogP contribution in [0.2, 0.25) is 0 Å². The van der Waals surface area contributed by atoms with Crippen molar-refractivity contribution in [1.82, 2.24) is 5.32 Å². The lowest BCUT2D eigenvalue weighted by Crippen LogP contribution is -2.44. The van der Waals surface area contributed by atoms with E-state index in [9.17, 15) is 14.7 Å². The quantitative estimate of drug-likeness (QED) is 0.479. The first kappa shape index (κ1) is 22.7. The highest BCUT2D eigenvalue weighted by molar-refractivity contribution is 5.84. The summed E-state index contributed by atoms with van der Waals surface area (Å²) >= 11 is 0. The number of carboxylic acid groups (broad SMARTS) is 1. The van der Waals surface area contributed by atoms with Gasteiger partial charge in [-0.1, -0.05) is 48.5 Å². The second-order valence-corrected chi connectivity index (χ2v) is 7.05. The van der Waals surface area contributed by atoms with Gasteiger partial charge in [0.15, 0.2) is 6.61 Å². The third-order valence-corrected chi connectivity index (χ3v) is 4.66. The van der Waals surface area contributed by atoms with Crippen molar-refractivity contribution in [3.05, 3.63) is 90.0 Å². The van der Waals surface area contributed by atoms with Crippen molar-refractivity contribution in [2.24, 2.45) is 0 Å². The Hall–Kier alpha value is -4.00. The average molecular weight is 435 g/mol. The van der Waals surface area contributed by atoms with Crippen molar-refractivity contribution in [2.45, 2.75) is 19.1 Å². The Morgan fingerprint density at radius 2 is 1.56 bits per heavy atom. The van der Waals surface area contributed by atoms with E-state index in [0.29, 0.717) is 23.9 Å². The van der Waals surface area contributed by atoms with Crippen LogP contribution < -0.4 is 19.5 Å². The largest absolute Gasteiger partial charge is 0.497 e. The molecule has 0 aliphatic heterocycles. The zero-order valence-corrected chi connectivity index (χ0v) is 17.7. The normalized spacial score (nSPS) is 11.3. The van der Waals surface area contributed by atoms with Gasteiger partial charge >= 0.3 is 5.97 Å². The second-order valence-electron chi connectivity index (χ2n) is 7.05. The van der Waals surface area contributed by atoms with Crippen LogP contribution in [0.1, 0.15) is 11.1 Å². The van der Waals surface area contributed by atoms with Gasteiger partial charge in [0, 0.05) is 12.5 Å². The first-order valence-corrected chi connectivity index (χ1v) is 10.1. The van der Waals surface area contributed by atoms with Crippen molar-refractivity contribution in [1.29, 1.82) is 0 Å². The molecule has 0 bridgehead atoms. The monoisotopic (exact) mass is 435 g/mol. The van der Waals surface area contributed by atoms with Crippen molar-refractivity contribution in [3.63, 3.8) is 0 Å². The van der Waals surface area contributed by atoms with E-state index in [1.165, 1.54) is 7.11 Å². The summed E-state index contributed by atoms with van der Waals surface area (Å²) in [6, 6.07) is 22.7. The summed E-state index contributed by atoms with van der Waals surface area (Å²) in [5, 5.41) is 12.0. The number of carboxylic acids is 1. The van der Waals surface area contributed by atoms with Crippen LogP contribution in [0.25, 0.3) is 0 Å². The fourth-order valence-electron chi connectivity index (χ4n) is 2.97. The molecule has 0 saturated carbocycles. The van der Waals surface area contributed by atoms with E-state index in [-0.39, 0.29) is 13.0 Å². The predicted molar refractivity (Wildman–Crippen MR) is 119 cm³/mol. The lowest BCUT2D eigenvalue weighted by atomic mass is 10.1. The van der Waals surface area contributed by atoms with Crippen LogP contribution in [0.3, 0.4) is 0 Å². The van der Waals surface area contributed by atoms with E-state index >= 15 is 0 Å². The minimum atomic E-state index is -1.12. The van der Waals surface area contributed by atoms with Crippen molar-refractivity contribution < 1.29 is 28.9 Å². The molecule has 0 aromatic heterocycles. The van der Waals surface area contributed by atoms with Gasteiger partial charge in [0.1, 0.15) is 29.9 Å². The lowest BCUT2D eigenvalue weighted by molar-refractivity contribution is -0.142. The van der Waals surface area contributed by atoms with Gasteiger partial charge in [0.05, 0.1) is 7.11 Å². The summed E-state index contributed by atoms with van der Waals surface area (Å²) in [6.07, 6.45) is 0.138. The number of carbonyl (C=O) groups is 2. The van der Waals surface area contributed by atoms with Crippen LogP contribution in [0.5, 0.6) is 17.2 Å². The molecule has 32 heavy (non-hydrogen) atoms. The maximum absolute atomic E-state index is 12.2. The molecule has 7 heteroatoms. The standard InChI is InChI=1S/C25H25NO6/c1-30-21-8-5-9-22(15-21)32-17-24(27)26-23(25(28)29)14-18-10-12-20(13-11-18)31-16-19-6-3-2-4-7-19/h2-13,15,23H,14,16-17H2,1H3,(H,26,27)(H,28,29)/t23-/m0/s1. The number of methoxy groups -OCH3 is 1. The lowest BCUT2D eigenvalue weighted by Gasteiger charge is -2.15. The van der Waals surface area contributed by atoms with Gasteiger partial charge in [0.2, 0.25) is 0 Å². The molecule has 0 spiro atoms. The first-order valence-electron chi connectivity index (χ1n) is 10.1. The van der Waals surface area contributed by atoms with Gasteiger partial charge in [-0.05, 0) is 35.4 Å². The SMILES string of the molecule is COc1cccc(OCC(=O)N[C@@H](Cc2ccc(OCc3ccccc3)cc2)C(=O)O)c1. The highest BCUT2D eigenvalue weighted by Gasteiger charge is 2.20. The number of nitrogens with one attached hydrogen (secondary N) is 1. The molecule has 0 unspecified atom stereocenters. The van der Waals surface area contributed by atoms with Gasteiger partial charge in [-0.2, -0.15) is 0 Å². The maximum Gasteiger partial charge on any atom is 0.326 e. The number of benzene rings is 3. The van der Waals surface area contributed by atoms with E-state index < -0.39 is 17.9 Å². The van der Waals surface area contributed by atoms with Gasteiger partial charge in [-0.15, -0.1) is 0 Å². The summed E-state index contributed by atoms with van der Waals surface area (Å²) in [6.45, 7) is 0.143. The summed E-state index contributed by atoms with van der Waals surface area (Å²) < 4.78 is 16.3. The van der Waals surface area contributed by atoms with Gasteiger partial charge in [-0.3, -0.25) is 4.79 Å². The number of hydrogen-bond acceptors (Lipinski definition) is 5. The second kappa shape index (κ2) is 11.4. The minimum Gasteiger partial charge on any atom is -0.497 e. The molecule has 2 N–H and O–H groups in total. The van der Waals surface area contributed by atoms with E-state index in [2.05, 4.69) is 5.32 Å². The molecule has 0 aliphatic carbocycles. The van der Waals surface area contributed by atoms with Crippen molar-refractivity contribution >= 4 is 11.9 Å². The topological polar surface area (TPSA) is 94.1 Å². The molecule has 3 aromatic rings. The third kappa shape index (κ3) is 7.05. The van der Waals surface area contributed by atoms with E-state index in [1.807, 2.05) is 30.3 Å². The van der Waals surface area contributed by atoms with E-state index in [1.54, 1.807) is 48.5 Å². The summed E-state index contributed by atoms with van der Waals surface area (Å²) in [5.74, 6) is 0.0901. The van der Waals surface area contributed by atoms with E-state index in [0.717, 1.165) is 11.1 Å². The molecule has 3 aromatic carbocycles. The Balaban J connectivity index is 1.50. The minimum absolute atomic E-state index is 0.138. The van der Waals surface area contributed by atoms with Crippen LogP contribution in [0.15, 0.2) is 78.9 Å². The zero-order chi connectivity index (χ0) is 22.8. The predicted octanol–water partition coefficient (Wildman–Crippen LogP) is 3.47. The molecule has 1 atom stereocenters. The van der Waals surface area contributed by atoms with Crippen LogP contribution in [0.4, 0.5) is 0 Å². The van der Waals surface area contributed by atoms with Crippen LogP contribution in [-0.4, -0.2) is 36.7 Å². The average Bonchev–Trinajstić information content (AvgIpc) is 2.82. The highest BCUT2D eigenvalue weighted by atomic mass is 16.5. The molecule has 0 saturated heterocycles. The fourth-order valence-corrected chi connectivity index (χ4v) is 2.97. The van der Waals surface area contributed by atoms with Gasteiger partial charge in [-0.25, -0.2) is 4.79 Å². The molecule has 0 fully saturated rings. The number of rotatable bonds is 11. The number of hydrogen-bond donors (Lipinski definition) is 2. The Labute approximate surface area is 186 Å². The van der Waals surface area contributed by atoms with Crippen LogP contribution >= 0.6 is 0 Å². The molecule has 0 aliphatic rings. The number of ether oxygens (including phenoxy) is 3.